The molecule has 0 saturated carbocycles. The van der Waals surface area contributed by atoms with Crippen LogP contribution < -0.4 is 4.74 Å². The van der Waals surface area contributed by atoms with E-state index in [1.54, 1.807) is 12.1 Å². The van der Waals surface area contributed by atoms with Crippen LogP contribution in [0.1, 0.15) is 21.5 Å². The van der Waals surface area contributed by atoms with E-state index < -0.39 is 0 Å². The van der Waals surface area contributed by atoms with E-state index in [1.807, 2.05) is 44.2 Å². The Bertz CT molecular complexity index is 524. The molecule has 0 aliphatic heterocycles. The topological polar surface area (TPSA) is 26.3 Å². The van der Waals surface area contributed by atoms with Crippen LogP contribution in [0.2, 0.25) is 0 Å². The summed E-state index contributed by atoms with van der Waals surface area (Å²) in [5, 5.41) is 0. The van der Waals surface area contributed by atoms with Gasteiger partial charge in [-0.25, -0.2) is 0 Å². The van der Waals surface area contributed by atoms with Crippen molar-refractivity contribution in [1.29, 1.82) is 0 Å². The summed E-state index contributed by atoms with van der Waals surface area (Å²) in [6.07, 6.45) is 0. The molecule has 0 fully saturated rings. The molecule has 2 aromatic rings. The number of carbonyl (C=O) groups excluding carboxylic acids is 1. The summed E-state index contributed by atoms with van der Waals surface area (Å²) in [5.41, 5.74) is 2.62. The van der Waals surface area contributed by atoms with Crippen molar-refractivity contribution in [3.8, 4) is 5.75 Å². The summed E-state index contributed by atoms with van der Waals surface area (Å²) in [6, 6.07) is 16.0. The lowest BCUT2D eigenvalue weighted by molar-refractivity contribution is 0.0920. The maximum Gasteiger partial charge on any atom is 0.200 e. The summed E-state index contributed by atoms with van der Waals surface area (Å²) >= 11 is 0. The van der Waals surface area contributed by atoms with Crippen molar-refractivity contribution in [3.05, 3.63) is 65.2 Å². The predicted octanol–water partition coefficient (Wildman–Crippen LogP) is 3.37. The van der Waals surface area contributed by atoms with Crippen molar-refractivity contribution in [2.75, 3.05) is 6.61 Å². The predicted molar refractivity (Wildman–Crippen MR) is 71.0 cm³/mol. The number of carbonyl (C=O) groups is 1. The first kappa shape index (κ1) is 12.4. The molecule has 0 aromatic heterocycles. The molecule has 2 aromatic carbocycles. The number of hydrogen-bond acceptors (Lipinski definition) is 2. The molecule has 0 N–H and O–H groups in total. The molecule has 0 aliphatic rings. The minimum atomic E-state index is -0.0155. The number of ketones is 1. The van der Waals surface area contributed by atoms with E-state index in [0.29, 0.717) is 5.56 Å². The Morgan fingerprint density at radius 2 is 1.89 bits per heavy atom. The van der Waals surface area contributed by atoms with Crippen molar-refractivity contribution in [2.45, 2.75) is 13.8 Å². The fourth-order valence-electron chi connectivity index (χ4n) is 1.80. The van der Waals surface area contributed by atoms with E-state index in [-0.39, 0.29) is 12.4 Å². The highest BCUT2D eigenvalue weighted by atomic mass is 16.5. The van der Waals surface area contributed by atoms with Crippen LogP contribution in [0.25, 0.3) is 0 Å². The molecule has 0 atom stereocenters. The molecule has 2 rings (SSSR count). The SMILES string of the molecule is Cc1[c]ccc(C)c1OCC(=O)c1ccccc1. The highest BCUT2D eigenvalue weighted by Crippen LogP contribution is 2.21. The first-order valence-corrected chi connectivity index (χ1v) is 5.87. The third kappa shape index (κ3) is 2.77. The second-order valence-corrected chi connectivity index (χ2v) is 4.19. The maximum atomic E-state index is 11.9. The highest BCUT2D eigenvalue weighted by molar-refractivity contribution is 5.97. The van der Waals surface area contributed by atoms with Gasteiger partial charge in [-0.05, 0) is 31.0 Å². The Hall–Kier alpha value is -2.09. The standard InChI is InChI=1S/C16H15O2/c1-12-7-6-8-13(2)16(12)18-11-15(17)14-9-4-3-5-10-14/h3-7,9-10H,11H2,1-2H3. The molecular formula is C16H15O2. The van der Waals surface area contributed by atoms with Crippen molar-refractivity contribution in [2.24, 2.45) is 0 Å². The van der Waals surface area contributed by atoms with Gasteiger partial charge in [-0.3, -0.25) is 4.79 Å². The van der Waals surface area contributed by atoms with Gasteiger partial charge in [-0.1, -0.05) is 42.5 Å². The van der Waals surface area contributed by atoms with E-state index in [2.05, 4.69) is 6.07 Å². The molecule has 1 radical (unpaired) electrons. The summed E-state index contributed by atoms with van der Waals surface area (Å²) in [4.78, 5) is 11.9. The van der Waals surface area contributed by atoms with Gasteiger partial charge in [0.25, 0.3) is 0 Å². The zero-order valence-electron chi connectivity index (χ0n) is 10.6. The van der Waals surface area contributed by atoms with Crippen LogP contribution >= 0.6 is 0 Å². The van der Waals surface area contributed by atoms with Gasteiger partial charge < -0.3 is 4.74 Å². The minimum absolute atomic E-state index is 0.0155. The Labute approximate surface area is 107 Å². The number of benzene rings is 2. The molecule has 0 unspecified atom stereocenters. The van der Waals surface area contributed by atoms with E-state index in [4.69, 9.17) is 4.74 Å². The molecule has 0 bridgehead atoms. The van der Waals surface area contributed by atoms with Gasteiger partial charge in [0.1, 0.15) is 5.75 Å². The van der Waals surface area contributed by atoms with Crippen LogP contribution in [0.15, 0.2) is 42.5 Å². The second-order valence-electron chi connectivity index (χ2n) is 4.19. The Morgan fingerprint density at radius 3 is 2.56 bits per heavy atom. The van der Waals surface area contributed by atoms with E-state index >= 15 is 0 Å². The summed E-state index contributed by atoms with van der Waals surface area (Å²) in [5.74, 6) is 0.736. The van der Waals surface area contributed by atoms with Gasteiger partial charge in [0.05, 0.1) is 0 Å². The lowest BCUT2D eigenvalue weighted by Crippen LogP contribution is -2.12. The van der Waals surface area contributed by atoms with Gasteiger partial charge in [-0.2, -0.15) is 0 Å². The van der Waals surface area contributed by atoms with Crippen LogP contribution in [0.3, 0.4) is 0 Å². The molecular weight excluding hydrogens is 224 g/mol. The largest absolute Gasteiger partial charge is 0.485 e. The molecule has 18 heavy (non-hydrogen) atoms. The number of Topliss-reactive ketones (excluding diaryl/α,β-unsaturated/α-hetero) is 1. The molecule has 2 nitrogen and oxygen atoms in total. The average Bonchev–Trinajstić information content (AvgIpc) is 2.39. The third-order valence-electron chi connectivity index (χ3n) is 2.78. The zero-order valence-corrected chi connectivity index (χ0v) is 10.6. The smallest absolute Gasteiger partial charge is 0.200 e. The maximum absolute atomic E-state index is 11.9. The van der Waals surface area contributed by atoms with Gasteiger partial charge in [-0.15, -0.1) is 0 Å². The second kappa shape index (κ2) is 5.50. The highest BCUT2D eigenvalue weighted by Gasteiger charge is 2.08. The monoisotopic (exact) mass is 239 g/mol. The Balaban J connectivity index is 2.07. The van der Waals surface area contributed by atoms with Crippen molar-refractivity contribution < 1.29 is 9.53 Å². The fourth-order valence-corrected chi connectivity index (χ4v) is 1.80. The summed E-state index contributed by atoms with van der Waals surface area (Å²) in [7, 11) is 0. The first-order chi connectivity index (χ1) is 8.68. The first-order valence-electron chi connectivity index (χ1n) is 5.87. The number of hydrogen-bond donors (Lipinski definition) is 0. The number of rotatable bonds is 4. The quantitative estimate of drug-likeness (QED) is 0.765. The molecule has 0 saturated heterocycles. The number of ether oxygens (including phenoxy) is 1. The summed E-state index contributed by atoms with van der Waals surface area (Å²) < 4.78 is 5.60. The molecule has 0 amide bonds. The molecule has 0 spiro atoms. The minimum Gasteiger partial charge on any atom is -0.485 e. The van der Waals surface area contributed by atoms with E-state index in [0.717, 1.165) is 16.9 Å². The lowest BCUT2D eigenvalue weighted by atomic mass is 10.1. The van der Waals surface area contributed by atoms with E-state index in [9.17, 15) is 4.79 Å². The summed E-state index contributed by atoms with van der Waals surface area (Å²) in [6.45, 7) is 3.95. The molecule has 0 heterocycles. The zero-order chi connectivity index (χ0) is 13.0. The van der Waals surface area contributed by atoms with Gasteiger partial charge in [0, 0.05) is 5.56 Å². The lowest BCUT2D eigenvalue weighted by Gasteiger charge is -2.10. The Morgan fingerprint density at radius 1 is 1.17 bits per heavy atom. The molecule has 91 valence electrons. The molecule has 2 heteroatoms. The number of aryl methyl sites for hydroxylation is 2. The van der Waals surface area contributed by atoms with Crippen molar-refractivity contribution in [1.82, 2.24) is 0 Å². The van der Waals surface area contributed by atoms with Crippen LogP contribution in [0.5, 0.6) is 5.75 Å². The molecule has 0 aliphatic carbocycles. The van der Waals surface area contributed by atoms with Crippen LogP contribution in [-0.4, -0.2) is 12.4 Å². The van der Waals surface area contributed by atoms with E-state index in [1.165, 1.54) is 0 Å². The average molecular weight is 239 g/mol. The van der Waals surface area contributed by atoms with Crippen LogP contribution in [-0.2, 0) is 0 Å². The van der Waals surface area contributed by atoms with Gasteiger partial charge >= 0.3 is 0 Å². The van der Waals surface area contributed by atoms with Crippen molar-refractivity contribution in [3.63, 3.8) is 0 Å². The van der Waals surface area contributed by atoms with Gasteiger partial charge in [0.15, 0.2) is 12.4 Å². The normalized spacial score (nSPS) is 10.1. The van der Waals surface area contributed by atoms with Crippen molar-refractivity contribution >= 4 is 5.78 Å². The Kier molecular flexibility index (Phi) is 3.78. The van der Waals surface area contributed by atoms with Gasteiger partial charge in [0.2, 0.25) is 0 Å². The fraction of sp³-hybridized carbons (Fsp3) is 0.188. The third-order valence-corrected chi connectivity index (χ3v) is 2.78. The van der Waals surface area contributed by atoms with Crippen LogP contribution in [0, 0.1) is 19.9 Å². The van der Waals surface area contributed by atoms with Crippen LogP contribution in [0.4, 0.5) is 0 Å².